The number of anilines is 5. The summed E-state index contributed by atoms with van der Waals surface area (Å²) in [5.41, 5.74) is 1.33. The molecule has 0 saturated carbocycles. The molecule has 9 heteroatoms. The van der Waals surface area contributed by atoms with E-state index in [1.54, 1.807) is 24.3 Å². The Hall–Kier alpha value is -3.33. The molecular formula is C20H22F2N7+. The summed E-state index contributed by atoms with van der Waals surface area (Å²) in [6, 6.07) is 11.9. The summed E-state index contributed by atoms with van der Waals surface area (Å²) < 4.78 is 26.4. The Bertz CT molecular complexity index is 890. The summed E-state index contributed by atoms with van der Waals surface area (Å²) in [7, 11) is 2.16. The molecule has 0 radical (unpaired) electrons. The van der Waals surface area contributed by atoms with Gasteiger partial charge in [-0.3, -0.25) is 0 Å². The molecule has 0 aliphatic carbocycles. The van der Waals surface area contributed by atoms with E-state index < -0.39 is 0 Å². The molecule has 1 fully saturated rings. The van der Waals surface area contributed by atoms with Crippen molar-refractivity contribution in [3.63, 3.8) is 0 Å². The van der Waals surface area contributed by atoms with Crippen molar-refractivity contribution in [1.29, 1.82) is 0 Å². The minimum Gasteiger partial charge on any atom is -0.334 e. The van der Waals surface area contributed by atoms with Crippen LogP contribution in [0.4, 0.5) is 38.0 Å². The first-order valence-electron chi connectivity index (χ1n) is 9.43. The number of hydrogen-bond acceptors (Lipinski definition) is 6. The van der Waals surface area contributed by atoms with Gasteiger partial charge in [-0.15, -0.1) is 0 Å². The third kappa shape index (κ3) is 4.94. The fourth-order valence-corrected chi connectivity index (χ4v) is 3.03. The Labute approximate surface area is 167 Å². The number of rotatable bonds is 5. The van der Waals surface area contributed by atoms with E-state index in [0.717, 1.165) is 26.2 Å². The van der Waals surface area contributed by atoms with Crippen LogP contribution in [0, 0.1) is 11.6 Å². The lowest BCUT2D eigenvalue weighted by atomic mass is 10.3. The largest absolute Gasteiger partial charge is 0.334 e. The number of hydrogen-bond donors (Lipinski definition) is 3. The Kier molecular flexibility index (Phi) is 5.48. The average molecular weight is 398 g/mol. The second-order valence-electron chi connectivity index (χ2n) is 6.99. The van der Waals surface area contributed by atoms with Gasteiger partial charge in [0.15, 0.2) is 0 Å². The molecule has 1 aliphatic heterocycles. The van der Waals surface area contributed by atoms with Crippen molar-refractivity contribution in [3.8, 4) is 0 Å². The molecule has 3 N–H and O–H groups in total. The van der Waals surface area contributed by atoms with Gasteiger partial charge in [-0.2, -0.15) is 15.0 Å². The van der Waals surface area contributed by atoms with Crippen LogP contribution in [0.5, 0.6) is 0 Å². The molecule has 1 saturated heterocycles. The first kappa shape index (κ1) is 19.0. The molecule has 0 amide bonds. The molecule has 0 atom stereocenters. The Morgan fingerprint density at radius 3 is 1.66 bits per heavy atom. The fourth-order valence-electron chi connectivity index (χ4n) is 3.03. The van der Waals surface area contributed by atoms with Crippen molar-refractivity contribution in [2.45, 2.75) is 0 Å². The summed E-state index contributed by atoms with van der Waals surface area (Å²) in [4.78, 5) is 17.1. The summed E-state index contributed by atoms with van der Waals surface area (Å²) >= 11 is 0. The van der Waals surface area contributed by atoms with E-state index in [1.165, 1.54) is 29.2 Å². The molecule has 150 valence electrons. The summed E-state index contributed by atoms with van der Waals surface area (Å²) in [6.07, 6.45) is 0. The molecule has 4 rings (SSSR count). The van der Waals surface area contributed by atoms with Gasteiger partial charge in [-0.1, -0.05) is 0 Å². The topological polar surface area (TPSA) is 70.4 Å². The lowest BCUT2D eigenvalue weighted by molar-refractivity contribution is -0.880. The maximum atomic E-state index is 13.2. The van der Waals surface area contributed by atoms with Gasteiger partial charge >= 0.3 is 0 Å². The van der Waals surface area contributed by atoms with Crippen LogP contribution in [-0.4, -0.2) is 48.2 Å². The predicted octanol–water partition coefficient (Wildman–Crippen LogP) is 1.97. The minimum absolute atomic E-state index is 0.314. The van der Waals surface area contributed by atoms with Gasteiger partial charge in [0.2, 0.25) is 17.8 Å². The summed E-state index contributed by atoms with van der Waals surface area (Å²) in [5.74, 6) is 0.618. The number of piperazine rings is 1. The van der Waals surface area contributed by atoms with Crippen LogP contribution in [0.2, 0.25) is 0 Å². The zero-order chi connectivity index (χ0) is 20.2. The molecule has 0 unspecified atom stereocenters. The van der Waals surface area contributed by atoms with E-state index in [9.17, 15) is 8.78 Å². The highest BCUT2D eigenvalue weighted by Gasteiger charge is 2.21. The normalized spacial score (nSPS) is 14.7. The monoisotopic (exact) mass is 398 g/mol. The molecular weight excluding hydrogens is 376 g/mol. The molecule has 7 nitrogen and oxygen atoms in total. The highest BCUT2D eigenvalue weighted by atomic mass is 19.1. The number of quaternary nitrogens is 1. The number of nitrogens with zero attached hydrogens (tertiary/aromatic N) is 4. The van der Waals surface area contributed by atoms with Gasteiger partial charge in [0.1, 0.15) is 11.6 Å². The van der Waals surface area contributed by atoms with Crippen molar-refractivity contribution < 1.29 is 13.7 Å². The fraction of sp³-hybridized carbons (Fsp3) is 0.250. The predicted molar refractivity (Wildman–Crippen MR) is 108 cm³/mol. The number of nitrogens with one attached hydrogen (secondary N) is 3. The number of likely N-dealkylation sites (N-methyl/N-ethyl adjacent to an activating group) is 1. The van der Waals surface area contributed by atoms with Gasteiger partial charge in [0.05, 0.1) is 33.2 Å². The van der Waals surface area contributed by atoms with Crippen LogP contribution in [0.15, 0.2) is 48.5 Å². The van der Waals surface area contributed by atoms with Crippen LogP contribution in [0.1, 0.15) is 0 Å². The standard InChI is InChI=1S/C20H21F2N7/c1-28-10-12-29(13-11-28)20-26-18(23-16-6-2-14(21)3-7-16)25-19(27-20)24-17-8-4-15(22)5-9-17/h2-9H,10-13H2,1H3,(H2,23,24,25,26,27)/p+1. The minimum atomic E-state index is -0.314. The molecule has 29 heavy (non-hydrogen) atoms. The third-order valence-electron chi connectivity index (χ3n) is 4.72. The molecule has 1 aromatic heterocycles. The SMILES string of the molecule is C[NH+]1CCN(c2nc(Nc3ccc(F)cc3)nc(Nc3ccc(F)cc3)n2)CC1. The van der Waals surface area contributed by atoms with E-state index in [4.69, 9.17) is 0 Å². The Balaban J connectivity index is 1.62. The second-order valence-corrected chi connectivity index (χ2v) is 6.99. The van der Waals surface area contributed by atoms with Crippen LogP contribution >= 0.6 is 0 Å². The van der Waals surface area contributed by atoms with Gasteiger partial charge < -0.3 is 20.4 Å². The van der Waals surface area contributed by atoms with Gasteiger partial charge in [-0.05, 0) is 48.5 Å². The quantitative estimate of drug-likeness (QED) is 0.611. The first-order chi connectivity index (χ1) is 14.0. The Morgan fingerprint density at radius 1 is 0.759 bits per heavy atom. The van der Waals surface area contributed by atoms with Gasteiger partial charge in [0, 0.05) is 11.4 Å². The third-order valence-corrected chi connectivity index (χ3v) is 4.72. The van der Waals surface area contributed by atoms with E-state index in [2.05, 4.69) is 37.5 Å². The molecule has 2 heterocycles. The van der Waals surface area contributed by atoms with Gasteiger partial charge in [-0.25, -0.2) is 8.78 Å². The lowest BCUT2D eigenvalue weighted by Crippen LogP contribution is -3.12. The van der Waals surface area contributed by atoms with E-state index in [0.29, 0.717) is 29.2 Å². The van der Waals surface area contributed by atoms with Crippen molar-refractivity contribution in [1.82, 2.24) is 15.0 Å². The van der Waals surface area contributed by atoms with Crippen LogP contribution in [0.25, 0.3) is 0 Å². The second kappa shape index (κ2) is 8.36. The zero-order valence-corrected chi connectivity index (χ0v) is 16.0. The smallest absolute Gasteiger partial charge is 0.233 e. The van der Waals surface area contributed by atoms with Crippen molar-refractivity contribution in [2.24, 2.45) is 0 Å². The zero-order valence-electron chi connectivity index (χ0n) is 16.0. The van der Waals surface area contributed by atoms with E-state index >= 15 is 0 Å². The van der Waals surface area contributed by atoms with Crippen molar-refractivity contribution in [2.75, 3.05) is 48.8 Å². The molecule has 1 aliphatic rings. The molecule has 0 bridgehead atoms. The van der Waals surface area contributed by atoms with Crippen molar-refractivity contribution in [3.05, 3.63) is 60.2 Å². The van der Waals surface area contributed by atoms with E-state index in [1.807, 2.05) is 0 Å². The molecule has 0 spiro atoms. The highest BCUT2D eigenvalue weighted by molar-refractivity contribution is 5.59. The van der Waals surface area contributed by atoms with Crippen LogP contribution in [-0.2, 0) is 0 Å². The maximum Gasteiger partial charge on any atom is 0.233 e. The van der Waals surface area contributed by atoms with Crippen LogP contribution in [0.3, 0.4) is 0 Å². The van der Waals surface area contributed by atoms with Crippen LogP contribution < -0.4 is 20.4 Å². The molecule has 3 aromatic rings. The first-order valence-corrected chi connectivity index (χ1v) is 9.43. The summed E-state index contributed by atoms with van der Waals surface area (Å²) in [6.45, 7) is 3.66. The van der Waals surface area contributed by atoms with Gasteiger partial charge in [0.25, 0.3) is 0 Å². The average Bonchev–Trinajstić information content (AvgIpc) is 2.72. The maximum absolute atomic E-state index is 13.2. The summed E-state index contributed by atoms with van der Waals surface area (Å²) in [5, 5.41) is 6.19. The Morgan fingerprint density at radius 2 is 1.21 bits per heavy atom. The number of halogens is 2. The highest BCUT2D eigenvalue weighted by Crippen LogP contribution is 2.21. The molecule has 2 aromatic carbocycles. The number of benzene rings is 2. The van der Waals surface area contributed by atoms with E-state index in [-0.39, 0.29) is 11.6 Å². The van der Waals surface area contributed by atoms with Crippen molar-refractivity contribution >= 4 is 29.2 Å². The number of aromatic nitrogens is 3. The lowest BCUT2D eigenvalue weighted by Gasteiger charge is -2.30.